The number of cyclic esters (lactones) is 1. The van der Waals surface area contributed by atoms with Crippen LogP contribution in [0.15, 0.2) is 18.3 Å². The number of nitrogens with zero attached hydrogens (tertiary/aromatic N) is 2. The van der Waals surface area contributed by atoms with Crippen molar-refractivity contribution in [1.82, 2.24) is 10.5 Å². The second kappa shape index (κ2) is 8.16. The fourth-order valence-electron chi connectivity index (χ4n) is 2.63. The number of hydrogen-bond acceptors (Lipinski definition) is 7. The molecule has 1 saturated heterocycles. The highest BCUT2D eigenvalue weighted by atomic mass is 32.2. The second-order valence-corrected chi connectivity index (χ2v) is 9.54. The van der Waals surface area contributed by atoms with Crippen LogP contribution < -0.4 is 10.4 Å². The largest absolute Gasteiger partial charge is 0.444 e. The van der Waals surface area contributed by atoms with Crippen molar-refractivity contribution < 1.29 is 28.0 Å². The molecule has 1 aliphatic rings. The van der Waals surface area contributed by atoms with Gasteiger partial charge >= 0.3 is 6.09 Å². The molecule has 1 aliphatic heterocycles. The van der Waals surface area contributed by atoms with Crippen molar-refractivity contribution in [1.29, 1.82) is 0 Å². The Morgan fingerprint density at radius 3 is 2.68 bits per heavy atom. The van der Waals surface area contributed by atoms with Crippen molar-refractivity contribution >= 4 is 27.7 Å². The molecule has 0 radical (unpaired) electrons. The van der Waals surface area contributed by atoms with Crippen LogP contribution in [0, 0.1) is 17.8 Å². The molecule has 1 aromatic heterocycles. The Morgan fingerprint density at radius 1 is 1.50 bits per heavy atom. The number of nitrogens with one attached hydrogen (secondary N) is 1. The lowest BCUT2D eigenvalue weighted by molar-refractivity contribution is -0.132. The fraction of sp³-hybridized carbons (Fsp3) is 0.500. The zero-order valence-electron chi connectivity index (χ0n) is 16.1. The van der Waals surface area contributed by atoms with E-state index in [0.717, 1.165) is 6.26 Å². The summed E-state index contributed by atoms with van der Waals surface area (Å²) in [6.07, 6.45) is 0.546. The maximum absolute atomic E-state index is 12.2. The third-order valence-electron chi connectivity index (χ3n) is 4.42. The second-order valence-electron chi connectivity index (χ2n) is 7.09. The lowest BCUT2D eigenvalue weighted by Crippen LogP contribution is -2.51. The normalized spacial score (nSPS) is 18.9. The number of hydroxylamine groups is 1. The van der Waals surface area contributed by atoms with Gasteiger partial charge in [0.05, 0.1) is 6.54 Å². The van der Waals surface area contributed by atoms with Gasteiger partial charge in [-0.3, -0.25) is 14.9 Å². The predicted molar refractivity (Wildman–Crippen MR) is 101 cm³/mol. The molecule has 0 unspecified atom stereocenters. The Kier molecular flexibility index (Phi) is 6.31. The minimum atomic E-state index is -3.89. The van der Waals surface area contributed by atoms with E-state index in [4.69, 9.17) is 9.94 Å². The number of aromatic nitrogens is 1. The summed E-state index contributed by atoms with van der Waals surface area (Å²) in [6, 6.07) is 3.34. The molecule has 0 aromatic carbocycles. The maximum atomic E-state index is 12.2. The average Bonchev–Trinajstić information content (AvgIpc) is 2.98. The summed E-state index contributed by atoms with van der Waals surface area (Å²) in [5, 5.41) is 8.89. The van der Waals surface area contributed by atoms with Crippen LogP contribution in [0.25, 0.3) is 0 Å². The zero-order valence-corrected chi connectivity index (χ0v) is 16.9. The van der Waals surface area contributed by atoms with Crippen molar-refractivity contribution in [2.75, 3.05) is 17.7 Å². The molecule has 28 heavy (non-hydrogen) atoms. The summed E-state index contributed by atoms with van der Waals surface area (Å²) in [5.41, 5.74) is 2.07. The van der Waals surface area contributed by atoms with Gasteiger partial charge in [-0.25, -0.2) is 23.7 Å². The highest BCUT2D eigenvalue weighted by Gasteiger charge is 2.48. The molecule has 2 heterocycles. The number of sulfone groups is 1. The van der Waals surface area contributed by atoms with Crippen LogP contribution >= 0.6 is 0 Å². The third-order valence-corrected chi connectivity index (χ3v) is 6.41. The first-order valence-corrected chi connectivity index (χ1v) is 10.5. The predicted octanol–water partition coefficient (Wildman–Crippen LogP) is 1.11. The number of ether oxygens (including phenoxy) is 1. The van der Waals surface area contributed by atoms with Gasteiger partial charge in [-0.2, -0.15) is 0 Å². The SMILES string of the molecule is CC(C)C#Cc1ccc(N2C[C@H](C[C@](C)(C(=O)NO)S(C)(=O)=O)OC2=O)nc1. The number of anilines is 1. The van der Waals surface area contributed by atoms with Gasteiger partial charge in [0.1, 0.15) is 11.9 Å². The van der Waals surface area contributed by atoms with Gasteiger partial charge in [-0.05, 0) is 19.1 Å². The quantitative estimate of drug-likeness (QED) is 0.424. The molecule has 2 atom stereocenters. The molecule has 0 spiro atoms. The van der Waals surface area contributed by atoms with E-state index in [0.29, 0.717) is 11.4 Å². The molecule has 0 bridgehead atoms. The molecule has 0 aliphatic carbocycles. The summed E-state index contributed by atoms with van der Waals surface area (Å²) in [7, 11) is -3.89. The minimum Gasteiger partial charge on any atom is -0.444 e. The Hall–Kier alpha value is -2.64. The molecular formula is C18H23N3O6S. The van der Waals surface area contributed by atoms with Crippen LogP contribution in [-0.2, 0) is 19.4 Å². The van der Waals surface area contributed by atoms with Crippen molar-refractivity contribution in [3.63, 3.8) is 0 Å². The summed E-state index contributed by atoms with van der Waals surface area (Å²) in [5.74, 6) is 5.44. The highest BCUT2D eigenvalue weighted by Crippen LogP contribution is 2.29. The standard InChI is InChI=1S/C18H23N3O6S/c1-12(2)5-6-13-7-8-15(19-10-13)21-11-14(27-17(21)23)9-18(3,16(22)20-24)28(4,25)26/h7-8,10,12,14,24H,9,11H2,1-4H3,(H,20,22)/t14-,18+/m0/s1. The molecule has 10 heteroatoms. The monoisotopic (exact) mass is 409 g/mol. The van der Waals surface area contributed by atoms with E-state index in [9.17, 15) is 18.0 Å². The van der Waals surface area contributed by atoms with E-state index in [1.807, 2.05) is 13.8 Å². The van der Waals surface area contributed by atoms with E-state index in [-0.39, 0.29) is 18.9 Å². The summed E-state index contributed by atoms with van der Waals surface area (Å²) >= 11 is 0. The van der Waals surface area contributed by atoms with Crippen LogP contribution in [0.2, 0.25) is 0 Å². The van der Waals surface area contributed by atoms with Crippen molar-refractivity contribution in [2.24, 2.45) is 5.92 Å². The topological polar surface area (TPSA) is 126 Å². The van der Waals surface area contributed by atoms with Crippen molar-refractivity contribution in [3.05, 3.63) is 23.9 Å². The van der Waals surface area contributed by atoms with Crippen LogP contribution in [-0.4, -0.2) is 54.3 Å². The third kappa shape index (κ3) is 4.61. The van der Waals surface area contributed by atoms with Gasteiger partial charge in [0, 0.05) is 30.4 Å². The van der Waals surface area contributed by atoms with Gasteiger partial charge < -0.3 is 4.74 Å². The number of hydrogen-bond donors (Lipinski definition) is 2. The summed E-state index contributed by atoms with van der Waals surface area (Å²) in [6.45, 7) is 5.13. The molecule has 9 nitrogen and oxygen atoms in total. The van der Waals surface area contributed by atoms with Gasteiger partial charge in [0.2, 0.25) is 0 Å². The van der Waals surface area contributed by atoms with E-state index >= 15 is 0 Å². The zero-order chi connectivity index (χ0) is 21.1. The first-order chi connectivity index (χ1) is 13.0. The molecule has 1 fully saturated rings. The minimum absolute atomic E-state index is 0.0205. The van der Waals surface area contributed by atoms with E-state index in [1.54, 1.807) is 12.1 Å². The van der Waals surface area contributed by atoms with Gasteiger partial charge in [0.15, 0.2) is 14.6 Å². The lowest BCUT2D eigenvalue weighted by Gasteiger charge is -2.26. The van der Waals surface area contributed by atoms with E-state index < -0.39 is 32.7 Å². The number of rotatable bonds is 5. The molecule has 2 rings (SSSR count). The first kappa shape index (κ1) is 21.7. The van der Waals surface area contributed by atoms with Crippen LogP contribution in [0.1, 0.15) is 32.8 Å². The van der Waals surface area contributed by atoms with Crippen LogP contribution in [0.3, 0.4) is 0 Å². The molecule has 0 saturated carbocycles. The van der Waals surface area contributed by atoms with E-state index in [1.165, 1.54) is 23.5 Å². The number of pyridine rings is 1. The Balaban J connectivity index is 2.17. The Morgan fingerprint density at radius 2 is 2.18 bits per heavy atom. The highest BCUT2D eigenvalue weighted by molar-refractivity contribution is 7.92. The molecule has 2 N–H and O–H groups in total. The van der Waals surface area contributed by atoms with Crippen LogP contribution in [0.4, 0.5) is 10.6 Å². The number of carbonyl (C=O) groups is 2. The van der Waals surface area contributed by atoms with Gasteiger partial charge in [0.25, 0.3) is 5.91 Å². The summed E-state index contributed by atoms with van der Waals surface area (Å²) in [4.78, 5) is 29.6. The molecule has 2 amide bonds. The Bertz CT molecular complexity index is 917. The van der Waals surface area contributed by atoms with Crippen molar-refractivity contribution in [3.8, 4) is 11.8 Å². The first-order valence-electron chi connectivity index (χ1n) is 8.58. The summed E-state index contributed by atoms with van der Waals surface area (Å²) < 4.78 is 27.4. The van der Waals surface area contributed by atoms with E-state index in [2.05, 4.69) is 16.8 Å². The Labute approximate surface area is 164 Å². The van der Waals surface area contributed by atoms with Crippen molar-refractivity contribution in [2.45, 2.75) is 38.0 Å². The molecule has 1 aromatic rings. The maximum Gasteiger partial charge on any atom is 0.415 e. The molecular weight excluding hydrogens is 386 g/mol. The number of carbonyl (C=O) groups excluding carboxylic acids is 2. The van der Waals surface area contributed by atoms with Gasteiger partial charge in [-0.15, -0.1) is 0 Å². The average molecular weight is 409 g/mol. The van der Waals surface area contributed by atoms with Gasteiger partial charge in [-0.1, -0.05) is 25.7 Å². The molecule has 152 valence electrons. The smallest absolute Gasteiger partial charge is 0.415 e. The van der Waals surface area contributed by atoms with Crippen LogP contribution in [0.5, 0.6) is 0 Å². The number of amides is 2. The lowest BCUT2D eigenvalue weighted by atomic mass is 10.0. The fourth-order valence-corrected chi connectivity index (χ4v) is 3.50.